The summed E-state index contributed by atoms with van der Waals surface area (Å²) in [5, 5.41) is 9.60. The summed E-state index contributed by atoms with van der Waals surface area (Å²) in [5.74, 6) is -0.136. The Morgan fingerprint density at radius 3 is 2.68 bits per heavy atom. The predicted octanol–water partition coefficient (Wildman–Crippen LogP) is 3.70. The topological polar surface area (TPSA) is 117 Å². The van der Waals surface area contributed by atoms with Crippen molar-refractivity contribution in [3.63, 3.8) is 0 Å². The molecule has 1 saturated heterocycles. The number of nitrogens with one attached hydrogen (secondary N) is 1. The first kappa shape index (κ1) is 25.0. The highest BCUT2D eigenvalue weighted by Crippen LogP contribution is 2.30. The van der Waals surface area contributed by atoms with E-state index in [-0.39, 0.29) is 41.9 Å². The average molecular weight is 523 g/mol. The number of halogens is 1. The van der Waals surface area contributed by atoms with Crippen molar-refractivity contribution in [3.8, 4) is 0 Å². The second-order valence-electron chi connectivity index (χ2n) is 9.59. The average Bonchev–Trinajstić information content (AvgIpc) is 3.34. The molecule has 37 heavy (non-hydrogen) atoms. The van der Waals surface area contributed by atoms with Crippen LogP contribution in [0.25, 0.3) is 16.6 Å². The number of aromatic amines is 1. The van der Waals surface area contributed by atoms with Gasteiger partial charge in [0.2, 0.25) is 0 Å². The molecular formula is C27H27ClN4O5. The number of fused-ring (bicyclic) bond motifs is 4. The van der Waals surface area contributed by atoms with E-state index in [2.05, 4.69) is 9.97 Å². The van der Waals surface area contributed by atoms with Gasteiger partial charge in [-0.3, -0.25) is 14.0 Å². The van der Waals surface area contributed by atoms with Crippen molar-refractivity contribution >= 4 is 40.8 Å². The Morgan fingerprint density at radius 2 is 1.92 bits per heavy atom. The highest BCUT2D eigenvalue weighted by Gasteiger charge is 2.27. The van der Waals surface area contributed by atoms with Crippen LogP contribution in [0, 0.1) is 6.92 Å². The standard InChI is InChI=1S/C27H26N4O5.ClH/c1-15-11-22-21(29-25(32)23-13-28-24(31(22)23)17-6-9-36-10-7-17)12-19(15)26(33)30-8-5-16-3-2-4-18(27(34)35)20(16)14-30;/h2-4,11-13,17H,5-10,14H2,1H3,(H,29,32)(H,34,35);1H. The fraction of sp³-hybridized carbons (Fsp3) is 0.333. The number of nitrogens with zero attached hydrogens (tertiary/aromatic N) is 3. The van der Waals surface area contributed by atoms with Gasteiger partial charge >= 0.3 is 5.97 Å². The zero-order valence-corrected chi connectivity index (χ0v) is 21.1. The minimum absolute atomic E-state index is 0. The molecule has 9 nitrogen and oxygen atoms in total. The van der Waals surface area contributed by atoms with Crippen molar-refractivity contribution in [2.75, 3.05) is 19.8 Å². The van der Waals surface area contributed by atoms with Crippen LogP contribution in [0.15, 0.2) is 41.3 Å². The number of rotatable bonds is 3. The lowest BCUT2D eigenvalue weighted by Gasteiger charge is -2.30. The number of carboxylic acids is 1. The van der Waals surface area contributed by atoms with Crippen molar-refractivity contribution in [2.24, 2.45) is 0 Å². The molecule has 2 aromatic carbocycles. The van der Waals surface area contributed by atoms with Crippen molar-refractivity contribution in [3.05, 3.63) is 80.5 Å². The molecule has 1 fully saturated rings. The summed E-state index contributed by atoms with van der Waals surface area (Å²) in [6, 6.07) is 8.90. The Kier molecular flexibility index (Phi) is 6.51. The predicted molar refractivity (Wildman–Crippen MR) is 140 cm³/mol. The number of imidazole rings is 1. The molecule has 0 unspecified atom stereocenters. The third-order valence-corrected chi connectivity index (χ3v) is 7.46. The number of hydrogen-bond donors (Lipinski definition) is 2. The van der Waals surface area contributed by atoms with Gasteiger partial charge in [-0.15, -0.1) is 12.4 Å². The minimum Gasteiger partial charge on any atom is -0.478 e. The summed E-state index contributed by atoms with van der Waals surface area (Å²) in [7, 11) is 0. The lowest BCUT2D eigenvalue weighted by molar-refractivity contribution is 0.0677. The maximum Gasteiger partial charge on any atom is 0.336 e. The van der Waals surface area contributed by atoms with E-state index in [9.17, 15) is 19.5 Å². The van der Waals surface area contributed by atoms with Crippen LogP contribution in [0.4, 0.5) is 0 Å². The van der Waals surface area contributed by atoms with Crippen LogP contribution in [-0.2, 0) is 17.7 Å². The Hall–Kier alpha value is -3.69. The van der Waals surface area contributed by atoms with Crippen molar-refractivity contribution in [1.82, 2.24) is 19.3 Å². The first-order valence-electron chi connectivity index (χ1n) is 12.2. The number of amides is 1. The molecule has 2 aliphatic rings. The molecule has 0 aliphatic carbocycles. The molecule has 2 aliphatic heterocycles. The smallest absolute Gasteiger partial charge is 0.336 e. The number of H-pyrrole nitrogens is 1. The van der Waals surface area contributed by atoms with Gasteiger partial charge in [-0.2, -0.15) is 0 Å². The first-order valence-corrected chi connectivity index (χ1v) is 12.2. The molecule has 0 saturated carbocycles. The maximum atomic E-state index is 13.6. The van der Waals surface area contributed by atoms with Crippen molar-refractivity contribution in [2.45, 2.75) is 38.6 Å². The monoisotopic (exact) mass is 522 g/mol. The van der Waals surface area contributed by atoms with E-state index in [1.807, 2.05) is 23.5 Å². The molecule has 192 valence electrons. The van der Waals surface area contributed by atoms with Gasteiger partial charge in [0.05, 0.1) is 22.8 Å². The fourth-order valence-corrected chi connectivity index (χ4v) is 5.54. The number of aryl methyl sites for hydroxylation is 1. The number of carboxylic acid groups (broad SMARTS) is 1. The Bertz CT molecular complexity index is 1600. The third-order valence-electron chi connectivity index (χ3n) is 7.46. The van der Waals surface area contributed by atoms with Crippen molar-refractivity contribution < 1.29 is 19.4 Å². The van der Waals surface area contributed by atoms with Gasteiger partial charge in [-0.05, 0) is 61.1 Å². The number of carbonyl (C=O) groups is 2. The largest absolute Gasteiger partial charge is 0.478 e. The third kappa shape index (κ3) is 4.18. The molecule has 0 radical (unpaired) electrons. The highest BCUT2D eigenvalue weighted by atomic mass is 35.5. The molecule has 0 atom stereocenters. The Balaban J connectivity index is 0.00000280. The van der Waals surface area contributed by atoms with Crippen LogP contribution < -0.4 is 5.56 Å². The van der Waals surface area contributed by atoms with E-state index in [0.717, 1.165) is 35.3 Å². The molecule has 0 bridgehead atoms. The lowest BCUT2D eigenvalue weighted by Crippen LogP contribution is -2.37. The van der Waals surface area contributed by atoms with E-state index in [1.165, 1.54) is 0 Å². The van der Waals surface area contributed by atoms with E-state index in [0.29, 0.717) is 48.3 Å². The second kappa shape index (κ2) is 9.64. The summed E-state index contributed by atoms with van der Waals surface area (Å²) in [5.41, 5.74) is 4.73. The molecular weight excluding hydrogens is 496 g/mol. The molecule has 2 N–H and O–H groups in total. The number of ether oxygens (including phenoxy) is 1. The molecule has 10 heteroatoms. The zero-order chi connectivity index (χ0) is 25.0. The number of carbonyl (C=O) groups excluding carboxylic acids is 1. The highest BCUT2D eigenvalue weighted by molar-refractivity contribution is 5.99. The van der Waals surface area contributed by atoms with Gasteiger partial charge in [0, 0.05) is 37.8 Å². The van der Waals surface area contributed by atoms with Gasteiger partial charge in [0.25, 0.3) is 11.5 Å². The zero-order valence-electron chi connectivity index (χ0n) is 20.3. The van der Waals surface area contributed by atoms with Crippen LogP contribution in [0.2, 0.25) is 0 Å². The number of benzene rings is 2. The van der Waals surface area contributed by atoms with E-state index in [4.69, 9.17) is 4.74 Å². The summed E-state index contributed by atoms with van der Waals surface area (Å²) in [4.78, 5) is 47.5. The van der Waals surface area contributed by atoms with Crippen LogP contribution >= 0.6 is 12.4 Å². The number of aromatic nitrogens is 3. The molecule has 1 amide bonds. The second-order valence-corrected chi connectivity index (χ2v) is 9.59. The molecule has 0 spiro atoms. The maximum absolute atomic E-state index is 13.6. The lowest BCUT2D eigenvalue weighted by atomic mass is 9.94. The summed E-state index contributed by atoms with van der Waals surface area (Å²) in [6.45, 7) is 3.95. The summed E-state index contributed by atoms with van der Waals surface area (Å²) >= 11 is 0. The molecule has 4 aromatic rings. The Labute approximate surface area is 218 Å². The van der Waals surface area contributed by atoms with Gasteiger partial charge in [-0.1, -0.05) is 12.1 Å². The first-order chi connectivity index (χ1) is 17.4. The van der Waals surface area contributed by atoms with Crippen LogP contribution in [0.3, 0.4) is 0 Å². The SMILES string of the molecule is Cc1cc2c(cc1C(=O)N1CCc3cccc(C(=O)O)c3C1)[nH]c(=O)c1cnc(C3CCOCC3)n12.Cl. The fourth-order valence-electron chi connectivity index (χ4n) is 5.54. The Morgan fingerprint density at radius 1 is 1.14 bits per heavy atom. The molecule has 2 aromatic heterocycles. The van der Waals surface area contributed by atoms with E-state index >= 15 is 0 Å². The van der Waals surface area contributed by atoms with Gasteiger partial charge < -0.3 is 19.7 Å². The van der Waals surface area contributed by atoms with Crippen LogP contribution in [0.1, 0.15) is 62.0 Å². The summed E-state index contributed by atoms with van der Waals surface area (Å²) in [6.07, 6.45) is 3.90. The number of hydrogen-bond acceptors (Lipinski definition) is 5. The normalized spacial score (nSPS) is 16.0. The minimum atomic E-state index is -0.995. The van der Waals surface area contributed by atoms with Crippen molar-refractivity contribution in [1.29, 1.82) is 0 Å². The van der Waals surface area contributed by atoms with E-state index in [1.54, 1.807) is 29.3 Å². The quantitative estimate of drug-likeness (QED) is 0.424. The molecule has 4 heterocycles. The van der Waals surface area contributed by atoms with Gasteiger partial charge in [-0.25, -0.2) is 9.78 Å². The molecule has 6 rings (SSSR count). The van der Waals surface area contributed by atoms with Crippen LogP contribution in [0.5, 0.6) is 0 Å². The van der Waals surface area contributed by atoms with Gasteiger partial charge in [0.15, 0.2) is 0 Å². The van der Waals surface area contributed by atoms with Gasteiger partial charge in [0.1, 0.15) is 11.3 Å². The summed E-state index contributed by atoms with van der Waals surface area (Å²) < 4.78 is 7.42. The van der Waals surface area contributed by atoms with E-state index < -0.39 is 5.97 Å². The number of aromatic carboxylic acids is 1. The van der Waals surface area contributed by atoms with Crippen LogP contribution in [-0.4, -0.2) is 56.0 Å².